The molecule has 19 heavy (non-hydrogen) atoms. The molecule has 0 bridgehead atoms. The highest BCUT2D eigenvalue weighted by molar-refractivity contribution is 5.87. The molecule has 0 saturated heterocycles. The zero-order valence-electron chi connectivity index (χ0n) is 11.4. The summed E-state index contributed by atoms with van der Waals surface area (Å²) < 4.78 is 38.6. The van der Waals surface area contributed by atoms with Crippen molar-refractivity contribution in [2.45, 2.75) is 45.3 Å². The lowest BCUT2D eigenvalue weighted by molar-refractivity contribution is -0.156. The van der Waals surface area contributed by atoms with Crippen LogP contribution in [0, 0.1) is 5.41 Å². The first-order valence-electron chi connectivity index (χ1n) is 6.37. The van der Waals surface area contributed by atoms with E-state index in [0.717, 1.165) is 24.6 Å². The summed E-state index contributed by atoms with van der Waals surface area (Å²) in [5.41, 5.74) is -0.544. The van der Waals surface area contributed by atoms with Crippen LogP contribution in [0.2, 0.25) is 0 Å². The van der Waals surface area contributed by atoms with E-state index in [9.17, 15) is 13.2 Å². The molecule has 0 radical (unpaired) electrons. The number of benzene rings is 1. The number of aliphatic imine (C=N–C) groups is 1. The highest BCUT2D eigenvalue weighted by Gasteiger charge is 2.61. The van der Waals surface area contributed by atoms with Crippen LogP contribution in [-0.4, -0.2) is 12.4 Å². The lowest BCUT2D eigenvalue weighted by Crippen LogP contribution is -2.31. The van der Waals surface area contributed by atoms with Gasteiger partial charge in [-0.05, 0) is 29.4 Å². The van der Waals surface area contributed by atoms with E-state index in [1.165, 1.54) is 0 Å². The smallest absolute Gasteiger partial charge is 0.267 e. The van der Waals surface area contributed by atoms with Gasteiger partial charge in [0.15, 0.2) is 0 Å². The number of alkyl halides is 3. The lowest BCUT2D eigenvalue weighted by Gasteiger charge is -2.19. The minimum absolute atomic E-state index is 0.208. The van der Waals surface area contributed by atoms with Gasteiger partial charge in [-0.15, -0.1) is 0 Å². The van der Waals surface area contributed by atoms with E-state index in [1.807, 2.05) is 0 Å². The van der Waals surface area contributed by atoms with Crippen molar-refractivity contribution < 1.29 is 13.2 Å². The lowest BCUT2D eigenvalue weighted by atomic mass is 9.88. The van der Waals surface area contributed by atoms with Crippen LogP contribution in [0.5, 0.6) is 0 Å². The molecule has 1 unspecified atom stereocenters. The Hall–Kier alpha value is -1.32. The second kappa shape index (κ2) is 4.36. The standard InChI is InChI=1S/C15H18F3N/c1-13(2,3)9-8-11-4-6-12(7-5-11)14(10-19-14)15(16,17)18/h4-7,10H,8-9H2,1-3H3. The first-order valence-corrected chi connectivity index (χ1v) is 6.37. The maximum absolute atomic E-state index is 12.9. The second-order valence-electron chi connectivity index (χ2n) is 6.28. The normalized spacial score (nSPS) is 22.6. The van der Waals surface area contributed by atoms with Crippen LogP contribution >= 0.6 is 0 Å². The van der Waals surface area contributed by atoms with Crippen LogP contribution in [0.4, 0.5) is 13.2 Å². The molecule has 104 valence electrons. The van der Waals surface area contributed by atoms with E-state index in [-0.39, 0.29) is 11.0 Å². The molecule has 1 aromatic carbocycles. The molecule has 1 nitrogen and oxygen atoms in total. The Labute approximate surface area is 111 Å². The van der Waals surface area contributed by atoms with Crippen molar-refractivity contribution in [3.05, 3.63) is 35.4 Å². The highest BCUT2D eigenvalue weighted by Crippen LogP contribution is 2.47. The first-order chi connectivity index (χ1) is 8.64. The maximum Gasteiger partial charge on any atom is 0.422 e. The molecule has 2 rings (SSSR count). The molecule has 0 amide bonds. The van der Waals surface area contributed by atoms with Gasteiger partial charge in [0.25, 0.3) is 0 Å². The van der Waals surface area contributed by atoms with Gasteiger partial charge in [0.2, 0.25) is 5.54 Å². The Kier molecular flexibility index (Phi) is 3.23. The Balaban J connectivity index is 2.08. The molecule has 0 aromatic heterocycles. The van der Waals surface area contributed by atoms with Crippen LogP contribution in [-0.2, 0) is 12.0 Å². The van der Waals surface area contributed by atoms with Crippen molar-refractivity contribution in [3.63, 3.8) is 0 Å². The summed E-state index contributed by atoms with van der Waals surface area (Å²) in [7, 11) is 0. The largest absolute Gasteiger partial charge is 0.422 e. The predicted molar refractivity (Wildman–Crippen MR) is 70.4 cm³/mol. The number of rotatable bonds is 3. The summed E-state index contributed by atoms with van der Waals surface area (Å²) in [4.78, 5) is 3.44. The van der Waals surface area contributed by atoms with Crippen LogP contribution in [0.25, 0.3) is 0 Å². The molecular formula is C15H18F3N. The summed E-state index contributed by atoms with van der Waals surface area (Å²) in [6, 6.07) is 6.63. The first kappa shape index (κ1) is 14.1. The van der Waals surface area contributed by atoms with Crippen molar-refractivity contribution >= 4 is 6.21 Å². The van der Waals surface area contributed by atoms with Crippen molar-refractivity contribution in [1.29, 1.82) is 0 Å². The number of hydrogen-bond acceptors (Lipinski definition) is 1. The Morgan fingerprint density at radius 1 is 1.05 bits per heavy atom. The van der Waals surface area contributed by atoms with Gasteiger partial charge in [0, 0.05) is 6.21 Å². The Morgan fingerprint density at radius 3 is 1.95 bits per heavy atom. The SMILES string of the molecule is CC(C)(C)CCc1ccc(C2(C(F)(F)F)C=N2)cc1. The Bertz CT molecular complexity index is 472. The van der Waals surface area contributed by atoms with E-state index in [2.05, 4.69) is 25.8 Å². The molecule has 0 fully saturated rings. The van der Waals surface area contributed by atoms with Gasteiger partial charge < -0.3 is 0 Å². The van der Waals surface area contributed by atoms with Gasteiger partial charge in [-0.3, -0.25) is 4.99 Å². The average Bonchev–Trinajstić information content (AvgIpc) is 3.06. The minimum Gasteiger partial charge on any atom is -0.267 e. The molecule has 0 N–H and O–H groups in total. The van der Waals surface area contributed by atoms with Crippen LogP contribution in [0.1, 0.15) is 38.3 Å². The molecule has 0 aliphatic carbocycles. The van der Waals surface area contributed by atoms with E-state index < -0.39 is 11.7 Å². The fourth-order valence-corrected chi connectivity index (χ4v) is 1.97. The van der Waals surface area contributed by atoms with Crippen LogP contribution in [0.15, 0.2) is 29.3 Å². The van der Waals surface area contributed by atoms with E-state index in [1.54, 1.807) is 24.3 Å². The fourth-order valence-electron chi connectivity index (χ4n) is 1.97. The number of aryl methyl sites for hydroxylation is 1. The number of hydrogen-bond donors (Lipinski definition) is 0. The maximum atomic E-state index is 12.9. The van der Waals surface area contributed by atoms with Gasteiger partial charge in [0.1, 0.15) is 0 Å². The molecule has 4 heteroatoms. The highest BCUT2D eigenvalue weighted by atomic mass is 19.4. The third kappa shape index (κ3) is 2.99. The summed E-state index contributed by atoms with van der Waals surface area (Å²) in [5.74, 6) is 0. The van der Waals surface area contributed by atoms with Gasteiger partial charge in [-0.1, -0.05) is 45.0 Å². The van der Waals surface area contributed by atoms with Gasteiger partial charge in [0.05, 0.1) is 0 Å². The zero-order valence-corrected chi connectivity index (χ0v) is 11.4. The second-order valence-corrected chi connectivity index (χ2v) is 6.28. The number of halogens is 3. The van der Waals surface area contributed by atoms with Crippen LogP contribution < -0.4 is 0 Å². The topological polar surface area (TPSA) is 12.4 Å². The monoisotopic (exact) mass is 269 g/mol. The molecule has 1 aromatic rings. The minimum atomic E-state index is -4.33. The quantitative estimate of drug-likeness (QED) is 0.765. The summed E-state index contributed by atoms with van der Waals surface area (Å²) in [5, 5.41) is 0. The van der Waals surface area contributed by atoms with Gasteiger partial charge in [-0.25, -0.2) is 0 Å². The van der Waals surface area contributed by atoms with Crippen molar-refractivity contribution in [2.24, 2.45) is 10.4 Å². The summed E-state index contributed by atoms with van der Waals surface area (Å²) in [6.45, 7) is 6.45. The third-order valence-electron chi connectivity index (χ3n) is 3.38. The average molecular weight is 269 g/mol. The van der Waals surface area contributed by atoms with E-state index >= 15 is 0 Å². The summed E-state index contributed by atoms with van der Waals surface area (Å²) >= 11 is 0. The van der Waals surface area contributed by atoms with Crippen molar-refractivity contribution in [2.75, 3.05) is 0 Å². The molecule has 1 atom stereocenters. The zero-order chi connectivity index (χ0) is 14.3. The van der Waals surface area contributed by atoms with Crippen LogP contribution in [0.3, 0.4) is 0 Å². The molecule has 1 aliphatic heterocycles. The van der Waals surface area contributed by atoms with E-state index in [0.29, 0.717) is 0 Å². The Morgan fingerprint density at radius 2 is 1.58 bits per heavy atom. The number of nitrogens with zero attached hydrogens (tertiary/aromatic N) is 1. The predicted octanol–water partition coefficient (Wildman–Crippen LogP) is 4.51. The molecule has 0 spiro atoms. The van der Waals surface area contributed by atoms with Crippen molar-refractivity contribution in [3.8, 4) is 0 Å². The molecule has 1 aliphatic rings. The van der Waals surface area contributed by atoms with Gasteiger partial charge >= 0.3 is 6.18 Å². The van der Waals surface area contributed by atoms with Gasteiger partial charge in [-0.2, -0.15) is 13.2 Å². The van der Waals surface area contributed by atoms with E-state index in [4.69, 9.17) is 0 Å². The summed E-state index contributed by atoms with van der Waals surface area (Å²) in [6.07, 6.45) is -1.48. The molecule has 1 heterocycles. The third-order valence-corrected chi connectivity index (χ3v) is 3.38. The molecule has 0 saturated carbocycles. The molecular weight excluding hydrogens is 251 g/mol. The fraction of sp³-hybridized carbons (Fsp3) is 0.533. The van der Waals surface area contributed by atoms with Crippen molar-refractivity contribution in [1.82, 2.24) is 0 Å².